The molecule has 0 radical (unpaired) electrons. The third-order valence-electron chi connectivity index (χ3n) is 3.79. The smallest absolute Gasteiger partial charge is 0.363 e. The highest BCUT2D eigenvalue weighted by Crippen LogP contribution is 2.32. The van der Waals surface area contributed by atoms with E-state index in [9.17, 15) is 9.18 Å². The lowest BCUT2D eigenvalue weighted by Gasteiger charge is -2.01. The van der Waals surface area contributed by atoms with Crippen molar-refractivity contribution in [2.24, 2.45) is 4.99 Å². The highest BCUT2D eigenvalue weighted by atomic mass is 35.5. The molecule has 1 aliphatic rings. The molecule has 0 saturated heterocycles. The van der Waals surface area contributed by atoms with Crippen LogP contribution in [0.25, 0.3) is 17.4 Å². The van der Waals surface area contributed by atoms with E-state index >= 15 is 0 Å². The van der Waals surface area contributed by atoms with Crippen molar-refractivity contribution in [1.29, 1.82) is 0 Å². The van der Waals surface area contributed by atoms with E-state index in [4.69, 9.17) is 32.4 Å². The Labute approximate surface area is 163 Å². The molecule has 0 aliphatic carbocycles. The van der Waals surface area contributed by atoms with Crippen molar-refractivity contribution in [1.82, 2.24) is 0 Å². The molecule has 0 N–H and O–H groups in total. The van der Waals surface area contributed by atoms with Gasteiger partial charge in [-0.05, 0) is 48.5 Å². The molecule has 2 heterocycles. The molecule has 1 aromatic heterocycles. The molecule has 0 atom stereocenters. The Morgan fingerprint density at radius 1 is 1.04 bits per heavy atom. The monoisotopic (exact) mass is 401 g/mol. The quantitative estimate of drug-likeness (QED) is 0.415. The van der Waals surface area contributed by atoms with E-state index in [-0.39, 0.29) is 11.6 Å². The fourth-order valence-corrected chi connectivity index (χ4v) is 2.93. The summed E-state index contributed by atoms with van der Waals surface area (Å²) in [6, 6.07) is 14.1. The molecule has 4 rings (SSSR count). The number of hydrogen-bond acceptors (Lipinski definition) is 4. The zero-order valence-corrected chi connectivity index (χ0v) is 15.1. The van der Waals surface area contributed by atoms with Crippen LogP contribution in [0.15, 0.2) is 69.7 Å². The van der Waals surface area contributed by atoms with E-state index in [0.717, 1.165) is 0 Å². The van der Waals surface area contributed by atoms with Crippen molar-refractivity contribution in [3.8, 4) is 11.3 Å². The summed E-state index contributed by atoms with van der Waals surface area (Å²) < 4.78 is 24.2. The number of ether oxygens (including phenoxy) is 1. The van der Waals surface area contributed by atoms with E-state index in [1.165, 1.54) is 24.3 Å². The molecule has 0 bridgehead atoms. The van der Waals surface area contributed by atoms with Crippen LogP contribution in [0.2, 0.25) is 10.0 Å². The van der Waals surface area contributed by atoms with Crippen LogP contribution in [0.1, 0.15) is 11.3 Å². The SMILES string of the molecule is O=C1OC(c2cccc(F)c2)=N/C1=C\c1ccc(-c2cc(Cl)ccc2Cl)o1. The van der Waals surface area contributed by atoms with Crippen LogP contribution in [-0.2, 0) is 9.53 Å². The lowest BCUT2D eigenvalue weighted by molar-refractivity contribution is -0.129. The van der Waals surface area contributed by atoms with Crippen LogP contribution < -0.4 is 0 Å². The number of cyclic esters (lactones) is 1. The Hall–Kier alpha value is -2.89. The Bertz CT molecular complexity index is 1120. The predicted octanol–water partition coefficient (Wildman–Crippen LogP) is 5.74. The summed E-state index contributed by atoms with van der Waals surface area (Å²) in [5.41, 5.74) is 1.05. The van der Waals surface area contributed by atoms with Crippen molar-refractivity contribution in [3.63, 3.8) is 0 Å². The standard InChI is InChI=1S/C20H10Cl2FNO3/c21-12-4-6-16(22)15(9-12)18-7-5-14(26-18)10-17-20(25)27-19(24-17)11-2-1-3-13(23)8-11/h1-10H/b17-10-. The maximum atomic E-state index is 13.3. The Balaban J connectivity index is 1.65. The highest BCUT2D eigenvalue weighted by molar-refractivity contribution is 6.35. The van der Waals surface area contributed by atoms with Crippen molar-refractivity contribution in [2.45, 2.75) is 0 Å². The van der Waals surface area contributed by atoms with Gasteiger partial charge in [0.25, 0.3) is 0 Å². The van der Waals surface area contributed by atoms with Gasteiger partial charge in [0.2, 0.25) is 5.90 Å². The maximum absolute atomic E-state index is 13.3. The van der Waals surface area contributed by atoms with Crippen molar-refractivity contribution in [2.75, 3.05) is 0 Å². The van der Waals surface area contributed by atoms with E-state index in [2.05, 4.69) is 4.99 Å². The summed E-state index contributed by atoms with van der Waals surface area (Å²) in [5, 5.41) is 1.01. The Kier molecular flexibility index (Phi) is 4.56. The van der Waals surface area contributed by atoms with E-state index in [0.29, 0.717) is 32.7 Å². The van der Waals surface area contributed by atoms with Gasteiger partial charge in [-0.3, -0.25) is 0 Å². The lowest BCUT2D eigenvalue weighted by Crippen LogP contribution is -2.05. The Morgan fingerprint density at radius 2 is 1.89 bits per heavy atom. The van der Waals surface area contributed by atoms with E-state index < -0.39 is 11.8 Å². The molecule has 134 valence electrons. The van der Waals surface area contributed by atoms with Gasteiger partial charge in [-0.25, -0.2) is 14.2 Å². The molecular weight excluding hydrogens is 392 g/mol. The lowest BCUT2D eigenvalue weighted by atomic mass is 10.2. The zero-order chi connectivity index (χ0) is 19.0. The maximum Gasteiger partial charge on any atom is 0.363 e. The van der Waals surface area contributed by atoms with Gasteiger partial charge in [0.1, 0.15) is 17.3 Å². The average Bonchev–Trinajstić information content (AvgIpc) is 3.25. The summed E-state index contributed by atoms with van der Waals surface area (Å²) in [6.45, 7) is 0. The van der Waals surface area contributed by atoms with Crippen LogP contribution in [0.3, 0.4) is 0 Å². The first kappa shape index (κ1) is 17.5. The van der Waals surface area contributed by atoms with Gasteiger partial charge in [0.05, 0.1) is 5.02 Å². The Morgan fingerprint density at radius 3 is 2.70 bits per heavy atom. The van der Waals surface area contributed by atoms with Gasteiger partial charge in [-0.15, -0.1) is 0 Å². The zero-order valence-electron chi connectivity index (χ0n) is 13.6. The van der Waals surface area contributed by atoms with Crippen LogP contribution in [0.4, 0.5) is 4.39 Å². The first-order valence-electron chi connectivity index (χ1n) is 7.83. The minimum absolute atomic E-state index is 0.0374. The number of hydrogen-bond donors (Lipinski definition) is 0. The number of halogens is 3. The minimum atomic E-state index is -0.645. The van der Waals surface area contributed by atoms with Crippen molar-refractivity contribution < 1.29 is 18.3 Å². The summed E-state index contributed by atoms with van der Waals surface area (Å²) in [4.78, 5) is 16.2. The number of furan rings is 1. The van der Waals surface area contributed by atoms with Crippen LogP contribution in [-0.4, -0.2) is 11.9 Å². The molecule has 0 saturated carbocycles. The molecule has 0 unspecified atom stereocenters. The summed E-state index contributed by atoms with van der Waals surface area (Å²) in [7, 11) is 0. The molecule has 1 aliphatic heterocycles. The topological polar surface area (TPSA) is 51.8 Å². The molecule has 3 aromatic rings. The van der Waals surface area contributed by atoms with Gasteiger partial charge >= 0.3 is 5.97 Å². The average molecular weight is 402 g/mol. The summed E-state index contributed by atoms with van der Waals surface area (Å²) in [5.74, 6) is -0.173. The van der Waals surface area contributed by atoms with E-state index in [1.807, 2.05) is 0 Å². The summed E-state index contributed by atoms with van der Waals surface area (Å²) >= 11 is 12.2. The second-order valence-electron chi connectivity index (χ2n) is 5.67. The van der Waals surface area contributed by atoms with Gasteiger partial charge < -0.3 is 9.15 Å². The molecule has 0 fully saturated rings. The third kappa shape index (κ3) is 3.65. The molecular formula is C20H10Cl2FNO3. The third-order valence-corrected chi connectivity index (χ3v) is 4.36. The van der Waals surface area contributed by atoms with Crippen LogP contribution in [0, 0.1) is 5.82 Å². The van der Waals surface area contributed by atoms with Crippen molar-refractivity contribution >= 4 is 41.1 Å². The second kappa shape index (κ2) is 7.02. The first-order chi connectivity index (χ1) is 13.0. The molecule has 0 spiro atoms. The molecule has 7 heteroatoms. The van der Waals surface area contributed by atoms with Gasteiger partial charge in [0.15, 0.2) is 5.70 Å². The minimum Gasteiger partial charge on any atom is -0.457 e. The number of aliphatic imine (C=N–C) groups is 1. The number of nitrogens with zero attached hydrogens (tertiary/aromatic N) is 1. The number of carbonyl (C=O) groups excluding carboxylic acids is 1. The van der Waals surface area contributed by atoms with Crippen LogP contribution >= 0.6 is 23.2 Å². The van der Waals surface area contributed by atoms with Gasteiger partial charge in [-0.2, -0.15) is 0 Å². The normalized spacial score (nSPS) is 15.1. The number of rotatable bonds is 3. The summed E-state index contributed by atoms with van der Waals surface area (Å²) in [6.07, 6.45) is 1.44. The van der Waals surface area contributed by atoms with Crippen LogP contribution in [0.5, 0.6) is 0 Å². The molecule has 0 amide bonds. The fraction of sp³-hybridized carbons (Fsp3) is 0. The van der Waals surface area contributed by atoms with Gasteiger partial charge in [-0.1, -0.05) is 29.3 Å². The number of esters is 1. The molecule has 27 heavy (non-hydrogen) atoms. The van der Waals surface area contributed by atoms with Crippen molar-refractivity contribution in [3.05, 3.63) is 87.5 Å². The van der Waals surface area contributed by atoms with E-state index in [1.54, 1.807) is 36.4 Å². The molecule has 4 nitrogen and oxygen atoms in total. The molecule has 2 aromatic carbocycles. The fourth-order valence-electron chi connectivity index (χ4n) is 2.55. The first-order valence-corrected chi connectivity index (χ1v) is 8.59. The van der Waals surface area contributed by atoms with Gasteiger partial charge in [0, 0.05) is 22.2 Å². The number of benzene rings is 2. The largest absolute Gasteiger partial charge is 0.457 e. The second-order valence-corrected chi connectivity index (χ2v) is 6.52. The highest BCUT2D eigenvalue weighted by Gasteiger charge is 2.25. The number of carbonyl (C=O) groups is 1. The predicted molar refractivity (Wildman–Crippen MR) is 101 cm³/mol.